The number of carbonyl (C=O) groups excluding carboxylic acids is 2. The molecule has 2 rings (SSSR count). The topological polar surface area (TPSA) is 87.5 Å². The van der Waals surface area contributed by atoms with Crippen molar-refractivity contribution >= 4 is 29.9 Å². The molecule has 0 spiro atoms. The molecule has 4 N–H and O–H groups in total. The molecule has 1 aliphatic heterocycles. The minimum Gasteiger partial charge on any atom is -0.355 e. The molecule has 1 aliphatic rings. The van der Waals surface area contributed by atoms with E-state index < -0.39 is 0 Å². The van der Waals surface area contributed by atoms with Gasteiger partial charge in [0.15, 0.2) is 0 Å². The second-order valence-corrected chi connectivity index (χ2v) is 6.52. The highest BCUT2D eigenvalue weighted by Gasteiger charge is 2.26. The van der Waals surface area contributed by atoms with E-state index in [1.54, 1.807) is 0 Å². The zero-order valence-electron chi connectivity index (χ0n) is 15.0. The Morgan fingerprint density at radius 2 is 2.08 bits per heavy atom. The van der Waals surface area contributed by atoms with E-state index in [-0.39, 0.29) is 30.1 Å². The second kappa shape index (κ2) is 10.4. The van der Waals surface area contributed by atoms with E-state index in [0.29, 0.717) is 26.2 Å². The molecular weight excluding hydrogens is 340 g/mol. The van der Waals surface area contributed by atoms with Crippen LogP contribution in [-0.4, -0.2) is 49.4 Å². The van der Waals surface area contributed by atoms with Gasteiger partial charge in [-0.2, -0.15) is 0 Å². The van der Waals surface area contributed by atoms with Crippen LogP contribution in [0.2, 0.25) is 0 Å². The van der Waals surface area contributed by atoms with Crippen LogP contribution in [0.4, 0.5) is 5.69 Å². The van der Waals surface area contributed by atoms with E-state index in [2.05, 4.69) is 15.5 Å². The van der Waals surface area contributed by atoms with Crippen molar-refractivity contribution < 1.29 is 9.59 Å². The maximum Gasteiger partial charge on any atom is 0.238 e. The highest BCUT2D eigenvalue weighted by atomic mass is 35.5. The highest BCUT2D eigenvalue weighted by molar-refractivity contribution is 5.93. The Morgan fingerprint density at radius 3 is 2.80 bits per heavy atom. The van der Waals surface area contributed by atoms with Gasteiger partial charge < -0.3 is 16.4 Å². The molecule has 0 aromatic heterocycles. The molecule has 1 aromatic carbocycles. The Hall–Kier alpha value is -1.63. The average molecular weight is 369 g/mol. The summed E-state index contributed by atoms with van der Waals surface area (Å²) in [5, 5.41) is 5.82. The lowest BCUT2D eigenvalue weighted by Crippen LogP contribution is -2.46. The van der Waals surface area contributed by atoms with E-state index in [0.717, 1.165) is 36.2 Å². The number of nitrogens with two attached hydrogens (primary N) is 1. The molecule has 0 aliphatic carbocycles. The summed E-state index contributed by atoms with van der Waals surface area (Å²) in [5.41, 5.74) is 8.44. The number of nitrogens with zero attached hydrogens (tertiary/aromatic N) is 1. The van der Waals surface area contributed by atoms with Gasteiger partial charge in [-0.25, -0.2) is 0 Å². The maximum atomic E-state index is 12.3. The maximum absolute atomic E-state index is 12.3. The number of benzene rings is 1. The SMILES string of the molecule is Cc1ccc(C)c(NC(=O)CN2CCCC(C(=O)NCCN)C2)c1.Cl. The summed E-state index contributed by atoms with van der Waals surface area (Å²) < 4.78 is 0. The quantitative estimate of drug-likeness (QED) is 0.709. The molecule has 25 heavy (non-hydrogen) atoms. The second-order valence-electron chi connectivity index (χ2n) is 6.52. The number of piperidine rings is 1. The Balaban J connectivity index is 0.00000312. The van der Waals surface area contributed by atoms with Gasteiger partial charge in [-0.3, -0.25) is 14.5 Å². The van der Waals surface area contributed by atoms with Crippen LogP contribution in [0.15, 0.2) is 18.2 Å². The van der Waals surface area contributed by atoms with Crippen LogP contribution in [-0.2, 0) is 9.59 Å². The molecule has 0 bridgehead atoms. The Bertz CT molecular complexity index is 594. The molecule has 1 aromatic rings. The summed E-state index contributed by atoms with van der Waals surface area (Å²) in [6, 6.07) is 6.01. The van der Waals surface area contributed by atoms with Gasteiger partial charge in [-0.1, -0.05) is 12.1 Å². The van der Waals surface area contributed by atoms with Gasteiger partial charge in [0.05, 0.1) is 12.5 Å². The van der Waals surface area contributed by atoms with Gasteiger partial charge in [0, 0.05) is 25.3 Å². The number of nitrogens with one attached hydrogen (secondary N) is 2. The third kappa shape index (κ3) is 6.65. The van der Waals surface area contributed by atoms with Gasteiger partial charge in [-0.15, -0.1) is 12.4 Å². The van der Waals surface area contributed by atoms with Crippen LogP contribution in [0.25, 0.3) is 0 Å². The average Bonchev–Trinajstić information content (AvgIpc) is 2.56. The Morgan fingerprint density at radius 1 is 1.32 bits per heavy atom. The van der Waals surface area contributed by atoms with E-state index in [4.69, 9.17) is 5.73 Å². The molecule has 1 unspecified atom stereocenters. The summed E-state index contributed by atoms with van der Waals surface area (Å²) in [6.45, 7) is 6.71. The summed E-state index contributed by atoms with van der Waals surface area (Å²) in [4.78, 5) is 26.4. The van der Waals surface area contributed by atoms with Crippen molar-refractivity contribution in [2.24, 2.45) is 11.7 Å². The van der Waals surface area contributed by atoms with E-state index >= 15 is 0 Å². The van der Waals surface area contributed by atoms with Crippen molar-refractivity contribution in [3.63, 3.8) is 0 Å². The van der Waals surface area contributed by atoms with Gasteiger partial charge in [0.1, 0.15) is 0 Å². The zero-order valence-corrected chi connectivity index (χ0v) is 15.8. The molecule has 1 atom stereocenters. The van der Waals surface area contributed by atoms with Gasteiger partial charge in [0.25, 0.3) is 0 Å². The number of amides is 2. The monoisotopic (exact) mass is 368 g/mol. The van der Waals surface area contributed by atoms with Gasteiger partial charge in [-0.05, 0) is 50.4 Å². The molecule has 0 radical (unpaired) electrons. The van der Waals surface area contributed by atoms with Crippen molar-refractivity contribution in [3.05, 3.63) is 29.3 Å². The van der Waals surface area contributed by atoms with Crippen LogP contribution in [0.1, 0.15) is 24.0 Å². The molecule has 6 nitrogen and oxygen atoms in total. The first-order valence-corrected chi connectivity index (χ1v) is 8.57. The van der Waals surface area contributed by atoms with Crippen LogP contribution < -0.4 is 16.4 Å². The van der Waals surface area contributed by atoms with Crippen LogP contribution in [0, 0.1) is 19.8 Å². The Labute approximate surface area is 155 Å². The van der Waals surface area contributed by atoms with E-state index in [1.807, 2.05) is 32.0 Å². The largest absolute Gasteiger partial charge is 0.355 e. The van der Waals surface area contributed by atoms with Crippen LogP contribution in [0.3, 0.4) is 0 Å². The third-order valence-electron chi connectivity index (χ3n) is 4.35. The number of aryl methyl sites for hydroxylation is 2. The first-order valence-electron chi connectivity index (χ1n) is 8.57. The molecule has 1 saturated heterocycles. The predicted octanol–water partition coefficient (Wildman–Crippen LogP) is 1.45. The molecule has 140 valence electrons. The molecule has 1 fully saturated rings. The molecule has 7 heteroatoms. The molecule has 0 saturated carbocycles. The molecular formula is C18H29ClN4O2. The number of hydrogen-bond donors (Lipinski definition) is 3. The van der Waals surface area contributed by atoms with Crippen molar-refractivity contribution in [3.8, 4) is 0 Å². The number of likely N-dealkylation sites (tertiary alicyclic amines) is 1. The van der Waals surface area contributed by atoms with Crippen molar-refractivity contribution in [2.45, 2.75) is 26.7 Å². The Kier molecular flexibility index (Phi) is 8.89. The van der Waals surface area contributed by atoms with Crippen LogP contribution >= 0.6 is 12.4 Å². The standard InChI is InChI=1S/C18H28N4O2.ClH/c1-13-5-6-14(2)16(10-13)21-17(23)12-22-9-3-4-15(11-22)18(24)20-8-7-19;/h5-6,10,15H,3-4,7-9,11-12,19H2,1-2H3,(H,20,24)(H,21,23);1H. The first kappa shape index (κ1) is 21.4. The zero-order chi connectivity index (χ0) is 17.5. The van der Waals surface area contributed by atoms with Gasteiger partial charge >= 0.3 is 0 Å². The van der Waals surface area contributed by atoms with Crippen molar-refractivity contribution in [1.29, 1.82) is 0 Å². The number of halogens is 1. The normalized spacial score (nSPS) is 17.5. The summed E-state index contributed by atoms with van der Waals surface area (Å²) >= 11 is 0. The van der Waals surface area contributed by atoms with E-state index in [9.17, 15) is 9.59 Å². The lowest BCUT2D eigenvalue weighted by molar-refractivity contribution is -0.127. The lowest BCUT2D eigenvalue weighted by Gasteiger charge is -2.31. The fourth-order valence-electron chi connectivity index (χ4n) is 3.02. The fraction of sp³-hybridized carbons (Fsp3) is 0.556. The number of anilines is 1. The van der Waals surface area contributed by atoms with E-state index in [1.165, 1.54) is 0 Å². The van der Waals surface area contributed by atoms with Crippen molar-refractivity contribution in [2.75, 3.05) is 38.0 Å². The highest BCUT2D eigenvalue weighted by Crippen LogP contribution is 2.18. The summed E-state index contributed by atoms with van der Waals surface area (Å²) in [5.74, 6) is -0.0504. The fourth-order valence-corrected chi connectivity index (χ4v) is 3.02. The summed E-state index contributed by atoms with van der Waals surface area (Å²) in [6.07, 6.45) is 1.79. The summed E-state index contributed by atoms with van der Waals surface area (Å²) in [7, 11) is 0. The number of carbonyl (C=O) groups is 2. The first-order chi connectivity index (χ1) is 11.5. The smallest absolute Gasteiger partial charge is 0.238 e. The van der Waals surface area contributed by atoms with Gasteiger partial charge in [0.2, 0.25) is 11.8 Å². The third-order valence-corrected chi connectivity index (χ3v) is 4.35. The lowest BCUT2D eigenvalue weighted by atomic mass is 9.97. The minimum atomic E-state index is -0.0567. The number of rotatable bonds is 6. The van der Waals surface area contributed by atoms with Crippen molar-refractivity contribution in [1.82, 2.24) is 10.2 Å². The molecule has 1 heterocycles. The number of hydrogen-bond acceptors (Lipinski definition) is 4. The molecule has 2 amide bonds. The van der Waals surface area contributed by atoms with Crippen LogP contribution in [0.5, 0.6) is 0 Å². The minimum absolute atomic E-state index is 0. The predicted molar refractivity (Wildman–Crippen MR) is 103 cm³/mol.